The molecule has 10 heteroatoms. The summed E-state index contributed by atoms with van der Waals surface area (Å²) in [6.45, 7) is 2.31. The van der Waals surface area contributed by atoms with E-state index in [9.17, 15) is 18.4 Å². The minimum atomic E-state index is -2.39. The van der Waals surface area contributed by atoms with Crippen LogP contribution in [-0.4, -0.2) is 72.6 Å². The minimum Gasteiger partial charge on any atom is -0.354 e. The first-order valence-electron chi connectivity index (χ1n) is 9.13. The van der Waals surface area contributed by atoms with Crippen molar-refractivity contribution in [1.29, 1.82) is 0 Å². The van der Waals surface area contributed by atoms with Gasteiger partial charge in [-0.2, -0.15) is 0 Å². The maximum atomic E-state index is 13.2. The minimum absolute atomic E-state index is 0.191. The molecule has 0 aliphatic carbocycles. The molecule has 150 valence electrons. The van der Waals surface area contributed by atoms with Gasteiger partial charge in [0.2, 0.25) is 5.91 Å². The number of aromatic nitrogens is 1. The Labute approximate surface area is 160 Å². The van der Waals surface area contributed by atoms with Crippen LogP contribution in [0, 0.1) is 0 Å². The number of piperazine rings is 1. The zero-order chi connectivity index (χ0) is 19.8. The number of anilines is 1. The highest BCUT2D eigenvalue weighted by atomic mass is 19.3. The molecule has 0 spiro atoms. The Hall–Kier alpha value is -2.59. The van der Waals surface area contributed by atoms with Gasteiger partial charge in [0.25, 0.3) is 6.43 Å². The number of carbonyl (C=O) groups is 2. The van der Waals surface area contributed by atoms with E-state index in [-0.39, 0.29) is 18.9 Å². The number of rotatable bonds is 4. The van der Waals surface area contributed by atoms with Gasteiger partial charge in [0.15, 0.2) is 11.4 Å². The molecule has 3 amide bonds. The third-order valence-electron chi connectivity index (χ3n) is 5.30. The quantitative estimate of drug-likeness (QED) is 0.851. The van der Waals surface area contributed by atoms with Crippen LogP contribution in [0.25, 0.3) is 11.0 Å². The molecule has 1 aromatic heterocycles. The predicted octanol–water partition coefficient (Wildman–Crippen LogP) is 1.66. The normalized spacial score (nSPS) is 22.3. The van der Waals surface area contributed by atoms with Gasteiger partial charge in [-0.15, -0.1) is 0 Å². The number of likely N-dealkylation sites (N-methyl/N-ethyl adjacent to an activating group) is 1. The van der Waals surface area contributed by atoms with Crippen molar-refractivity contribution in [3.8, 4) is 0 Å². The van der Waals surface area contributed by atoms with Crippen LogP contribution in [0.5, 0.6) is 0 Å². The summed E-state index contributed by atoms with van der Waals surface area (Å²) in [5.74, 6) is 0.0316. The third kappa shape index (κ3) is 3.57. The number of carbonyl (C=O) groups excluding carboxylic acids is 2. The fourth-order valence-corrected chi connectivity index (χ4v) is 3.67. The Kier molecular flexibility index (Phi) is 4.98. The molecule has 0 unspecified atom stereocenters. The van der Waals surface area contributed by atoms with Crippen LogP contribution < -0.4 is 10.2 Å². The molecule has 2 aromatic rings. The van der Waals surface area contributed by atoms with Gasteiger partial charge in [-0.1, -0.05) is 11.2 Å². The highest BCUT2D eigenvalue weighted by Gasteiger charge is 2.31. The van der Waals surface area contributed by atoms with Crippen molar-refractivity contribution in [2.45, 2.75) is 25.4 Å². The number of nitrogens with one attached hydrogen (secondary N) is 1. The first-order valence-corrected chi connectivity index (χ1v) is 9.13. The Bertz CT molecular complexity index is 902. The molecule has 2 aliphatic heterocycles. The van der Waals surface area contributed by atoms with Crippen molar-refractivity contribution in [3.05, 3.63) is 23.8 Å². The maximum Gasteiger partial charge on any atom is 0.329 e. The summed E-state index contributed by atoms with van der Waals surface area (Å²) in [4.78, 5) is 28.5. The summed E-state index contributed by atoms with van der Waals surface area (Å²) in [7, 11) is 1.72. The molecule has 4 rings (SSSR count). The Morgan fingerprint density at radius 3 is 2.86 bits per heavy atom. The lowest BCUT2D eigenvalue weighted by Crippen LogP contribution is -2.54. The van der Waals surface area contributed by atoms with Gasteiger partial charge in [-0.25, -0.2) is 13.6 Å². The predicted molar refractivity (Wildman–Crippen MR) is 97.2 cm³/mol. The molecule has 2 fully saturated rings. The van der Waals surface area contributed by atoms with Gasteiger partial charge in [0, 0.05) is 39.1 Å². The second-order valence-corrected chi connectivity index (χ2v) is 7.21. The molecule has 0 bridgehead atoms. The number of amides is 3. The van der Waals surface area contributed by atoms with E-state index in [1.807, 2.05) is 17.0 Å². The summed E-state index contributed by atoms with van der Waals surface area (Å²) in [6, 6.07) is 4.18. The molecule has 8 nitrogen and oxygen atoms in total. The number of urea groups is 1. The second-order valence-electron chi connectivity index (χ2n) is 7.21. The number of benzene rings is 1. The Balaban J connectivity index is 1.55. The smallest absolute Gasteiger partial charge is 0.329 e. The number of alkyl halides is 2. The first kappa shape index (κ1) is 18.8. The highest BCUT2D eigenvalue weighted by molar-refractivity contribution is 6.08. The van der Waals surface area contributed by atoms with Crippen molar-refractivity contribution < 1.29 is 22.9 Å². The lowest BCUT2D eigenvalue weighted by Gasteiger charge is -2.39. The molecule has 2 aliphatic rings. The van der Waals surface area contributed by atoms with Crippen LogP contribution in [0.4, 0.5) is 19.4 Å². The summed E-state index contributed by atoms with van der Waals surface area (Å²) in [5, 5.41) is 6.91. The van der Waals surface area contributed by atoms with Crippen LogP contribution >= 0.6 is 0 Å². The van der Waals surface area contributed by atoms with Gasteiger partial charge in [0.1, 0.15) is 0 Å². The van der Waals surface area contributed by atoms with E-state index < -0.39 is 18.5 Å². The fourth-order valence-electron chi connectivity index (χ4n) is 3.67. The van der Waals surface area contributed by atoms with E-state index in [1.54, 1.807) is 18.0 Å². The van der Waals surface area contributed by atoms with E-state index in [0.717, 1.165) is 5.56 Å². The Morgan fingerprint density at radius 1 is 1.29 bits per heavy atom. The fraction of sp³-hybridized carbons (Fsp3) is 0.500. The zero-order valence-electron chi connectivity index (χ0n) is 15.4. The largest absolute Gasteiger partial charge is 0.354 e. The van der Waals surface area contributed by atoms with Crippen LogP contribution in [-0.2, 0) is 11.3 Å². The number of fused-ring (bicyclic) bond motifs is 1. The number of halogens is 2. The van der Waals surface area contributed by atoms with Crippen molar-refractivity contribution >= 4 is 28.7 Å². The van der Waals surface area contributed by atoms with E-state index in [1.165, 1.54) is 4.90 Å². The average molecular weight is 393 g/mol. The number of imide groups is 1. The van der Waals surface area contributed by atoms with Gasteiger partial charge < -0.3 is 4.52 Å². The van der Waals surface area contributed by atoms with Crippen molar-refractivity contribution in [1.82, 2.24) is 20.3 Å². The molecule has 1 aromatic carbocycles. The summed E-state index contributed by atoms with van der Waals surface area (Å²) < 4.78 is 31.7. The van der Waals surface area contributed by atoms with Crippen LogP contribution in [0.2, 0.25) is 0 Å². The topological polar surface area (TPSA) is 81.9 Å². The monoisotopic (exact) mass is 393 g/mol. The van der Waals surface area contributed by atoms with Gasteiger partial charge >= 0.3 is 6.03 Å². The molecular weight excluding hydrogens is 372 g/mol. The molecule has 3 heterocycles. The van der Waals surface area contributed by atoms with Crippen molar-refractivity contribution in [2.75, 3.05) is 38.1 Å². The summed E-state index contributed by atoms with van der Waals surface area (Å²) in [6.07, 6.45) is -2.20. The standard InChI is InChI=1S/C18H21F2N5O3/c1-23-6-7-24(10-13(23)16(19)20)9-11-2-3-14-12(8-11)17(22-28-14)25-5-4-15(26)21-18(25)27/h2-3,8,13,16H,4-7,9-10H2,1H3,(H,21,26,27)/t13-/m1/s1. The molecule has 0 saturated carbocycles. The van der Waals surface area contributed by atoms with E-state index in [0.29, 0.717) is 43.0 Å². The molecule has 1 atom stereocenters. The summed E-state index contributed by atoms with van der Waals surface area (Å²) >= 11 is 0. The van der Waals surface area contributed by atoms with Gasteiger partial charge in [-0.05, 0) is 24.7 Å². The van der Waals surface area contributed by atoms with E-state index >= 15 is 0 Å². The highest BCUT2D eigenvalue weighted by Crippen LogP contribution is 2.29. The molecule has 2 saturated heterocycles. The van der Waals surface area contributed by atoms with Gasteiger partial charge in [-0.3, -0.25) is 24.8 Å². The average Bonchev–Trinajstić information content (AvgIpc) is 3.06. The van der Waals surface area contributed by atoms with E-state index in [4.69, 9.17) is 4.52 Å². The molecule has 0 radical (unpaired) electrons. The van der Waals surface area contributed by atoms with Crippen LogP contribution in [0.15, 0.2) is 22.7 Å². The first-order chi connectivity index (χ1) is 13.4. The van der Waals surface area contributed by atoms with Crippen LogP contribution in [0.1, 0.15) is 12.0 Å². The lowest BCUT2D eigenvalue weighted by molar-refractivity contribution is -0.120. The molecular formula is C18H21F2N5O3. The van der Waals surface area contributed by atoms with Gasteiger partial charge in [0.05, 0.1) is 11.4 Å². The number of hydrogen-bond acceptors (Lipinski definition) is 6. The Morgan fingerprint density at radius 2 is 2.11 bits per heavy atom. The number of hydrogen-bond donors (Lipinski definition) is 1. The van der Waals surface area contributed by atoms with Crippen LogP contribution in [0.3, 0.4) is 0 Å². The van der Waals surface area contributed by atoms with E-state index in [2.05, 4.69) is 10.5 Å². The molecule has 28 heavy (non-hydrogen) atoms. The SMILES string of the molecule is CN1CCN(Cc2ccc3onc(N4CCC(=O)NC4=O)c3c2)C[C@@H]1C(F)F. The lowest BCUT2D eigenvalue weighted by atomic mass is 10.1. The molecule has 1 N–H and O–H groups in total. The van der Waals surface area contributed by atoms with Crippen molar-refractivity contribution in [2.24, 2.45) is 0 Å². The number of nitrogens with zero attached hydrogens (tertiary/aromatic N) is 4. The summed E-state index contributed by atoms with van der Waals surface area (Å²) in [5.41, 5.74) is 1.44. The third-order valence-corrected chi connectivity index (χ3v) is 5.30. The zero-order valence-corrected chi connectivity index (χ0v) is 15.4. The maximum absolute atomic E-state index is 13.2. The second kappa shape index (κ2) is 7.44. The van der Waals surface area contributed by atoms with Crippen molar-refractivity contribution in [3.63, 3.8) is 0 Å².